The van der Waals surface area contributed by atoms with Gasteiger partial charge in [0, 0.05) is 18.9 Å². The van der Waals surface area contributed by atoms with Gasteiger partial charge in [-0.1, -0.05) is 20.8 Å². The lowest BCUT2D eigenvalue weighted by Crippen LogP contribution is -2.66. The third-order valence-electron chi connectivity index (χ3n) is 7.23. The van der Waals surface area contributed by atoms with Gasteiger partial charge in [0.2, 0.25) is 0 Å². The molecule has 5 atom stereocenters. The second-order valence-electron chi connectivity index (χ2n) is 12.1. The maximum Gasteiger partial charge on any atom is 0.410 e. The summed E-state index contributed by atoms with van der Waals surface area (Å²) in [5, 5.41) is 25.7. The van der Waals surface area contributed by atoms with Crippen LogP contribution in [-0.2, 0) is 9.16 Å². The van der Waals surface area contributed by atoms with Crippen molar-refractivity contribution in [2.75, 3.05) is 6.54 Å². The highest BCUT2D eigenvalue weighted by atomic mass is 28.4. The topological polar surface area (TPSA) is 117 Å². The summed E-state index contributed by atoms with van der Waals surface area (Å²) in [5.41, 5.74) is -1.97. The Labute approximate surface area is 211 Å². The van der Waals surface area contributed by atoms with Gasteiger partial charge < -0.3 is 19.4 Å². The van der Waals surface area contributed by atoms with E-state index >= 15 is 0 Å². The zero-order valence-electron chi connectivity index (χ0n) is 23.1. The second kappa shape index (κ2) is 10.8. The number of aliphatic hydroxyl groups excluding tert-OH is 2. The fourth-order valence-corrected chi connectivity index (χ4v) is 5.72. The van der Waals surface area contributed by atoms with Crippen LogP contribution in [0.4, 0.5) is 4.79 Å². The van der Waals surface area contributed by atoms with Crippen molar-refractivity contribution in [1.82, 2.24) is 20.2 Å². The van der Waals surface area contributed by atoms with Crippen molar-refractivity contribution >= 4 is 14.4 Å². The van der Waals surface area contributed by atoms with Crippen LogP contribution in [0.5, 0.6) is 0 Å². The summed E-state index contributed by atoms with van der Waals surface area (Å²) in [4.78, 5) is 23.4. The van der Waals surface area contributed by atoms with E-state index in [1.165, 1.54) is 4.90 Å². The summed E-state index contributed by atoms with van der Waals surface area (Å²) < 4.78 is 12.2. The molecule has 5 unspecified atom stereocenters. The molecule has 0 radical (unpaired) electrons. The molecule has 0 aromatic carbocycles. The molecule has 1 aromatic heterocycles. The number of carbonyl (C=O) groups is 1. The van der Waals surface area contributed by atoms with Crippen LogP contribution in [0.2, 0.25) is 18.1 Å². The Morgan fingerprint density at radius 1 is 1.14 bits per heavy atom. The van der Waals surface area contributed by atoms with Crippen molar-refractivity contribution in [3.8, 4) is 0 Å². The molecule has 10 heteroatoms. The largest absolute Gasteiger partial charge is 0.444 e. The van der Waals surface area contributed by atoms with Crippen LogP contribution in [0, 0.1) is 0 Å². The van der Waals surface area contributed by atoms with Crippen LogP contribution in [0.15, 0.2) is 18.5 Å². The van der Waals surface area contributed by atoms with Crippen LogP contribution in [0.1, 0.15) is 80.1 Å². The highest BCUT2D eigenvalue weighted by Gasteiger charge is 2.54. The van der Waals surface area contributed by atoms with Crippen LogP contribution < -0.4 is 5.32 Å². The maximum atomic E-state index is 13.1. The Kier molecular flexibility index (Phi) is 9.14. The van der Waals surface area contributed by atoms with Gasteiger partial charge in [-0.15, -0.1) is 0 Å². The summed E-state index contributed by atoms with van der Waals surface area (Å²) in [7, 11) is -2.16. The predicted molar refractivity (Wildman–Crippen MR) is 138 cm³/mol. The molecule has 1 amide bonds. The molecular formula is C25H46N4O5Si. The fraction of sp³-hybridized carbons (Fsp3) is 0.800. The minimum absolute atomic E-state index is 0.0121. The number of nitrogens with zero attached hydrogens (tertiary/aromatic N) is 3. The highest BCUT2D eigenvalue weighted by Crippen LogP contribution is 2.40. The van der Waals surface area contributed by atoms with Gasteiger partial charge in [-0.05, 0) is 71.7 Å². The minimum atomic E-state index is -2.16. The number of hydrogen-bond acceptors (Lipinski definition) is 8. The van der Waals surface area contributed by atoms with E-state index in [1.54, 1.807) is 46.2 Å². The van der Waals surface area contributed by atoms with Gasteiger partial charge in [-0.2, -0.15) is 0 Å². The predicted octanol–water partition coefficient (Wildman–Crippen LogP) is 3.99. The molecule has 2 heterocycles. The molecule has 1 aliphatic rings. The third-order valence-corrected chi connectivity index (χ3v) is 11.8. The monoisotopic (exact) mass is 510 g/mol. The molecule has 0 aliphatic carbocycles. The van der Waals surface area contributed by atoms with E-state index in [0.29, 0.717) is 25.2 Å². The van der Waals surface area contributed by atoms with Gasteiger partial charge in [0.05, 0.1) is 18.2 Å². The smallest absolute Gasteiger partial charge is 0.410 e. The average molecular weight is 511 g/mol. The molecule has 0 saturated carbocycles. The van der Waals surface area contributed by atoms with Crippen molar-refractivity contribution < 1.29 is 24.2 Å². The zero-order valence-corrected chi connectivity index (χ0v) is 24.1. The number of carbonyl (C=O) groups excluding carboxylic acids is 1. The van der Waals surface area contributed by atoms with E-state index in [2.05, 4.69) is 49.1 Å². The molecule has 1 aliphatic heterocycles. The van der Waals surface area contributed by atoms with Gasteiger partial charge in [-0.25, -0.2) is 14.8 Å². The standard InChI is InChI=1S/C25H46N4O5Si/c1-17(34-35(9,10)24(6,7)8)19(20-26-14-12-15-27-20)28-21(31)25(18(2)30)13-11-16-29(25)22(32)33-23(3,4)5/h12,14-15,17-19,21,28,30-31H,11,13,16H2,1-10H3. The fourth-order valence-electron chi connectivity index (χ4n) is 4.30. The van der Waals surface area contributed by atoms with Crippen molar-refractivity contribution in [1.29, 1.82) is 0 Å². The Morgan fingerprint density at radius 2 is 1.71 bits per heavy atom. The summed E-state index contributed by atoms with van der Waals surface area (Å²) in [6.07, 6.45) is 1.10. The van der Waals surface area contributed by atoms with Crippen LogP contribution >= 0.6 is 0 Å². The Balaban J connectivity index is 2.41. The third kappa shape index (κ3) is 6.79. The lowest BCUT2D eigenvalue weighted by Gasteiger charge is -2.46. The Morgan fingerprint density at radius 3 is 2.20 bits per heavy atom. The molecule has 35 heavy (non-hydrogen) atoms. The van der Waals surface area contributed by atoms with E-state index in [0.717, 1.165) is 0 Å². The second-order valence-corrected chi connectivity index (χ2v) is 16.9. The number of hydrogen-bond donors (Lipinski definition) is 3. The van der Waals surface area contributed by atoms with E-state index in [-0.39, 0.29) is 11.1 Å². The van der Waals surface area contributed by atoms with Crippen molar-refractivity contribution in [2.24, 2.45) is 0 Å². The molecule has 3 N–H and O–H groups in total. The molecule has 200 valence electrons. The van der Waals surface area contributed by atoms with Gasteiger partial charge in [0.15, 0.2) is 8.32 Å². The van der Waals surface area contributed by atoms with Crippen molar-refractivity contribution in [3.05, 3.63) is 24.3 Å². The molecule has 1 fully saturated rings. The number of aliphatic hydroxyl groups is 2. The first-order chi connectivity index (χ1) is 15.9. The zero-order chi connectivity index (χ0) is 26.8. The number of rotatable bonds is 8. The van der Waals surface area contributed by atoms with Crippen molar-refractivity contribution in [3.63, 3.8) is 0 Å². The Bertz CT molecular complexity index is 840. The van der Waals surface area contributed by atoms with Crippen molar-refractivity contribution in [2.45, 2.75) is 122 Å². The first-order valence-corrected chi connectivity index (χ1v) is 15.4. The Hall–Kier alpha value is -1.59. The van der Waals surface area contributed by atoms with E-state index in [9.17, 15) is 15.0 Å². The van der Waals surface area contributed by atoms with Gasteiger partial charge in [0.25, 0.3) is 0 Å². The number of likely N-dealkylation sites (tertiary alicyclic amines) is 1. The first kappa shape index (κ1) is 29.6. The molecule has 0 spiro atoms. The average Bonchev–Trinajstić information content (AvgIpc) is 3.16. The maximum absolute atomic E-state index is 13.1. The van der Waals surface area contributed by atoms with Gasteiger partial charge in [-0.3, -0.25) is 10.2 Å². The summed E-state index contributed by atoms with van der Waals surface area (Å²) in [6, 6.07) is 1.16. The lowest BCUT2D eigenvalue weighted by atomic mass is 9.87. The molecule has 1 aromatic rings. The lowest BCUT2D eigenvalue weighted by molar-refractivity contribution is -0.102. The van der Waals surface area contributed by atoms with E-state index in [1.807, 2.05) is 6.92 Å². The first-order valence-electron chi connectivity index (χ1n) is 12.5. The molecule has 9 nitrogen and oxygen atoms in total. The number of ether oxygens (including phenoxy) is 1. The number of nitrogens with one attached hydrogen (secondary N) is 1. The number of aromatic nitrogens is 2. The van der Waals surface area contributed by atoms with Gasteiger partial charge in [0.1, 0.15) is 23.2 Å². The molecular weight excluding hydrogens is 464 g/mol. The van der Waals surface area contributed by atoms with Crippen LogP contribution in [0.3, 0.4) is 0 Å². The highest BCUT2D eigenvalue weighted by molar-refractivity contribution is 6.74. The molecule has 0 bridgehead atoms. The number of amides is 1. The summed E-state index contributed by atoms with van der Waals surface area (Å²) in [5.74, 6) is 0.473. The molecule has 2 rings (SSSR count). The molecule has 1 saturated heterocycles. The summed E-state index contributed by atoms with van der Waals surface area (Å²) in [6.45, 7) is 20.1. The van der Waals surface area contributed by atoms with E-state index in [4.69, 9.17) is 9.16 Å². The summed E-state index contributed by atoms with van der Waals surface area (Å²) >= 11 is 0. The SMILES string of the molecule is CC(O[Si](C)(C)C(C)(C)C)C(NC(O)C1(C(C)O)CCCN1C(=O)OC(C)(C)C)c1ncccn1. The van der Waals surface area contributed by atoms with Crippen LogP contribution in [0.25, 0.3) is 0 Å². The minimum Gasteiger partial charge on any atom is -0.444 e. The van der Waals surface area contributed by atoms with E-state index < -0.39 is 43.9 Å². The quantitative estimate of drug-likeness (QED) is 0.355. The van der Waals surface area contributed by atoms with Crippen LogP contribution in [-0.4, -0.2) is 75.6 Å². The normalized spacial score (nSPS) is 23.0. The van der Waals surface area contributed by atoms with Gasteiger partial charge >= 0.3 is 6.09 Å².